The number of rotatable bonds is 3. The maximum Gasteiger partial charge on any atom is 0.226 e. The van der Waals surface area contributed by atoms with Crippen molar-refractivity contribution >= 4 is 18.3 Å². The molecule has 1 aliphatic heterocycles. The van der Waals surface area contributed by atoms with Crippen LogP contribution in [0.2, 0.25) is 0 Å². The minimum Gasteiger partial charge on any atom is -0.370 e. The van der Waals surface area contributed by atoms with Crippen LogP contribution in [0.1, 0.15) is 18.6 Å². The Hall–Kier alpha value is -1.17. The normalized spacial score (nSPS) is 20.1. The zero-order valence-electron chi connectivity index (χ0n) is 11.4. The Balaban J connectivity index is 0.00000200. The van der Waals surface area contributed by atoms with E-state index in [1.54, 1.807) is 17.0 Å². The molecule has 0 bridgehead atoms. The molecule has 0 saturated carbocycles. The van der Waals surface area contributed by atoms with Crippen molar-refractivity contribution in [1.82, 2.24) is 4.90 Å². The van der Waals surface area contributed by atoms with Gasteiger partial charge in [-0.3, -0.25) is 4.79 Å². The van der Waals surface area contributed by atoms with Gasteiger partial charge >= 0.3 is 0 Å². The van der Waals surface area contributed by atoms with Gasteiger partial charge in [0.1, 0.15) is 11.9 Å². The molecule has 112 valence electrons. The zero-order chi connectivity index (χ0) is 13.8. The van der Waals surface area contributed by atoms with Crippen LogP contribution >= 0.6 is 12.4 Å². The molecule has 2 N–H and O–H groups in total. The van der Waals surface area contributed by atoms with Crippen LogP contribution < -0.4 is 5.73 Å². The number of ether oxygens (including phenoxy) is 1. The number of halogens is 2. The van der Waals surface area contributed by atoms with E-state index in [0.29, 0.717) is 26.2 Å². The number of nitrogens with two attached hydrogens (primary N) is 1. The van der Waals surface area contributed by atoms with Gasteiger partial charge < -0.3 is 15.4 Å². The maximum atomic E-state index is 12.9. The van der Waals surface area contributed by atoms with E-state index >= 15 is 0 Å². The number of hydrogen-bond donors (Lipinski definition) is 1. The Bertz CT molecular complexity index is 441. The predicted molar refractivity (Wildman–Crippen MR) is 77.1 cm³/mol. The second-order valence-electron chi connectivity index (χ2n) is 4.83. The van der Waals surface area contributed by atoms with Gasteiger partial charge in [-0.15, -0.1) is 12.4 Å². The first-order chi connectivity index (χ1) is 9.11. The number of hydrogen-bond acceptors (Lipinski definition) is 3. The number of amides is 1. The van der Waals surface area contributed by atoms with Crippen molar-refractivity contribution in [3.63, 3.8) is 0 Å². The molecule has 1 aliphatic rings. The Morgan fingerprint density at radius 1 is 1.50 bits per heavy atom. The van der Waals surface area contributed by atoms with Crippen LogP contribution in [0.4, 0.5) is 4.39 Å². The molecule has 4 nitrogen and oxygen atoms in total. The zero-order valence-corrected chi connectivity index (χ0v) is 12.2. The van der Waals surface area contributed by atoms with E-state index in [2.05, 4.69) is 0 Å². The van der Waals surface area contributed by atoms with Crippen molar-refractivity contribution in [3.05, 3.63) is 35.6 Å². The van der Waals surface area contributed by atoms with Crippen molar-refractivity contribution < 1.29 is 13.9 Å². The fourth-order valence-corrected chi connectivity index (χ4v) is 2.14. The second-order valence-corrected chi connectivity index (χ2v) is 4.83. The summed E-state index contributed by atoms with van der Waals surface area (Å²) in [6.45, 7) is 3.74. The summed E-state index contributed by atoms with van der Waals surface area (Å²) in [4.78, 5) is 13.9. The molecule has 1 aromatic carbocycles. The molecule has 2 unspecified atom stereocenters. The molecule has 0 radical (unpaired) electrons. The average Bonchev–Trinajstić information content (AvgIpc) is 2.46. The summed E-state index contributed by atoms with van der Waals surface area (Å²) in [6.07, 6.45) is -0.191. The van der Waals surface area contributed by atoms with E-state index in [4.69, 9.17) is 10.5 Å². The van der Waals surface area contributed by atoms with Gasteiger partial charge in [0.2, 0.25) is 5.91 Å². The lowest BCUT2D eigenvalue weighted by Crippen LogP contribution is -2.45. The molecule has 0 spiro atoms. The summed E-state index contributed by atoms with van der Waals surface area (Å²) in [5.41, 5.74) is 6.41. The molecule has 6 heteroatoms. The van der Waals surface area contributed by atoms with Gasteiger partial charge in [0.05, 0.1) is 13.2 Å². The van der Waals surface area contributed by atoms with Crippen molar-refractivity contribution in [2.75, 3.05) is 26.2 Å². The third kappa shape index (κ3) is 3.91. The summed E-state index contributed by atoms with van der Waals surface area (Å²) in [7, 11) is 0. The van der Waals surface area contributed by atoms with Crippen molar-refractivity contribution in [1.29, 1.82) is 0 Å². The molecule has 1 aromatic rings. The summed E-state index contributed by atoms with van der Waals surface area (Å²) >= 11 is 0. The lowest BCUT2D eigenvalue weighted by atomic mass is 10.1. The fraction of sp³-hybridized carbons (Fsp3) is 0.500. The van der Waals surface area contributed by atoms with E-state index in [0.717, 1.165) is 5.56 Å². The Morgan fingerprint density at radius 3 is 2.75 bits per heavy atom. The van der Waals surface area contributed by atoms with E-state index in [1.165, 1.54) is 12.1 Å². The number of morpholine rings is 1. The van der Waals surface area contributed by atoms with Gasteiger partial charge in [-0.1, -0.05) is 19.1 Å². The average molecular weight is 303 g/mol. The van der Waals surface area contributed by atoms with Crippen LogP contribution in [0, 0.1) is 11.7 Å². The lowest BCUT2D eigenvalue weighted by Gasteiger charge is -2.34. The standard InChI is InChI=1S/C14H19FN2O2.ClH/c1-10(8-16)14(18)17-6-7-19-13(9-17)11-2-4-12(15)5-3-11;/h2-5,10,13H,6-9,16H2,1H3;1H. The molecule has 0 aromatic heterocycles. The highest BCUT2D eigenvalue weighted by Crippen LogP contribution is 2.23. The molecule has 1 heterocycles. The van der Waals surface area contributed by atoms with Crippen LogP contribution in [0.3, 0.4) is 0 Å². The highest BCUT2D eigenvalue weighted by molar-refractivity contribution is 5.85. The molecule has 1 fully saturated rings. The highest BCUT2D eigenvalue weighted by atomic mass is 35.5. The van der Waals surface area contributed by atoms with E-state index in [9.17, 15) is 9.18 Å². The van der Waals surface area contributed by atoms with Crippen LogP contribution in [0.15, 0.2) is 24.3 Å². The molecule has 1 amide bonds. The Kier molecular flexibility index (Phi) is 6.39. The van der Waals surface area contributed by atoms with Gasteiger partial charge in [-0.2, -0.15) is 0 Å². The molecular formula is C14H20ClFN2O2. The Morgan fingerprint density at radius 2 is 2.15 bits per heavy atom. The first kappa shape index (κ1) is 16.9. The quantitative estimate of drug-likeness (QED) is 0.925. The number of nitrogens with zero attached hydrogens (tertiary/aromatic N) is 1. The topological polar surface area (TPSA) is 55.6 Å². The number of carbonyl (C=O) groups excluding carboxylic acids is 1. The molecule has 2 rings (SSSR count). The smallest absolute Gasteiger partial charge is 0.226 e. The summed E-state index contributed by atoms with van der Waals surface area (Å²) in [5.74, 6) is -0.394. The number of carbonyl (C=O) groups is 1. The summed E-state index contributed by atoms with van der Waals surface area (Å²) in [5, 5.41) is 0. The monoisotopic (exact) mass is 302 g/mol. The van der Waals surface area contributed by atoms with E-state index < -0.39 is 0 Å². The van der Waals surface area contributed by atoms with E-state index in [-0.39, 0.29) is 36.2 Å². The summed E-state index contributed by atoms with van der Waals surface area (Å²) < 4.78 is 18.5. The van der Waals surface area contributed by atoms with Crippen molar-refractivity contribution in [2.45, 2.75) is 13.0 Å². The van der Waals surface area contributed by atoms with Crippen LogP contribution in [0.25, 0.3) is 0 Å². The van der Waals surface area contributed by atoms with Crippen molar-refractivity contribution in [2.24, 2.45) is 11.7 Å². The van der Waals surface area contributed by atoms with Gasteiger partial charge in [-0.25, -0.2) is 4.39 Å². The van der Waals surface area contributed by atoms with Gasteiger partial charge in [-0.05, 0) is 17.7 Å². The predicted octanol–water partition coefficient (Wildman–Crippen LogP) is 1.74. The molecular weight excluding hydrogens is 283 g/mol. The maximum absolute atomic E-state index is 12.9. The van der Waals surface area contributed by atoms with E-state index in [1.807, 2.05) is 6.92 Å². The minimum absolute atomic E-state index is 0. The number of benzene rings is 1. The van der Waals surface area contributed by atoms with Crippen molar-refractivity contribution in [3.8, 4) is 0 Å². The third-order valence-corrected chi connectivity index (χ3v) is 3.40. The van der Waals surface area contributed by atoms with Gasteiger partial charge in [0, 0.05) is 19.0 Å². The fourth-order valence-electron chi connectivity index (χ4n) is 2.14. The van der Waals surface area contributed by atoms with Crippen LogP contribution in [0.5, 0.6) is 0 Å². The molecule has 0 aliphatic carbocycles. The second kappa shape index (κ2) is 7.57. The first-order valence-corrected chi connectivity index (χ1v) is 6.47. The van der Waals surface area contributed by atoms with Crippen LogP contribution in [-0.2, 0) is 9.53 Å². The van der Waals surface area contributed by atoms with Gasteiger partial charge in [0.15, 0.2) is 0 Å². The molecule has 20 heavy (non-hydrogen) atoms. The minimum atomic E-state index is -0.274. The van der Waals surface area contributed by atoms with Crippen LogP contribution in [-0.4, -0.2) is 37.0 Å². The molecule has 2 atom stereocenters. The third-order valence-electron chi connectivity index (χ3n) is 3.40. The summed E-state index contributed by atoms with van der Waals surface area (Å²) in [6, 6.07) is 6.20. The largest absolute Gasteiger partial charge is 0.370 e. The SMILES string of the molecule is CC(CN)C(=O)N1CCOC(c2ccc(F)cc2)C1.Cl. The molecule has 1 saturated heterocycles. The highest BCUT2D eigenvalue weighted by Gasteiger charge is 2.27. The van der Waals surface area contributed by atoms with Gasteiger partial charge in [0.25, 0.3) is 0 Å². The first-order valence-electron chi connectivity index (χ1n) is 6.47. The Labute approximate surface area is 124 Å². The lowest BCUT2D eigenvalue weighted by molar-refractivity contribution is -0.142.